The maximum absolute atomic E-state index is 6.25. The molecule has 1 saturated carbocycles. The lowest BCUT2D eigenvalue weighted by molar-refractivity contribution is 0.311. The Kier molecular flexibility index (Phi) is 6.12. The summed E-state index contributed by atoms with van der Waals surface area (Å²) in [5.74, 6) is 1.82. The molecule has 3 rings (SSSR count). The summed E-state index contributed by atoms with van der Waals surface area (Å²) in [5, 5.41) is 5.29. The second-order valence-electron chi connectivity index (χ2n) is 7.05. The molecule has 1 fully saturated rings. The summed E-state index contributed by atoms with van der Waals surface area (Å²) in [6.07, 6.45) is 4.84. The SMILES string of the molecule is C=C(c1cc(N=C(N)c2cccs2)ccc1N)C1CCC(CNC)CC1. The third-order valence-corrected chi connectivity index (χ3v) is 6.13. The van der Waals surface area contributed by atoms with Crippen LogP contribution in [0.4, 0.5) is 11.4 Å². The van der Waals surface area contributed by atoms with Crippen molar-refractivity contribution in [1.29, 1.82) is 0 Å². The van der Waals surface area contributed by atoms with Gasteiger partial charge in [0.05, 0.1) is 10.6 Å². The molecule has 26 heavy (non-hydrogen) atoms. The normalized spacial score (nSPS) is 20.9. The summed E-state index contributed by atoms with van der Waals surface area (Å²) < 4.78 is 0. The van der Waals surface area contributed by atoms with Crippen LogP contribution in [0.1, 0.15) is 36.1 Å². The van der Waals surface area contributed by atoms with Crippen LogP contribution in [0.5, 0.6) is 0 Å². The number of allylic oxidation sites excluding steroid dienone is 1. The zero-order valence-electron chi connectivity index (χ0n) is 15.4. The smallest absolute Gasteiger partial charge is 0.141 e. The molecule has 0 aliphatic heterocycles. The second-order valence-corrected chi connectivity index (χ2v) is 7.99. The average Bonchev–Trinajstić information content (AvgIpc) is 3.18. The molecule has 2 aromatic rings. The molecule has 0 amide bonds. The van der Waals surface area contributed by atoms with Gasteiger partial charge in [0.25, 0.3) is 0 Å². The van der Waals surface area contributed by atoms with Gasteiger partial charge < -0.3 is 16.8 Å². The predicted octanol–water partition coefficient (Wildman–Crippen LogP) is 4.41. The second kappa shape index (κ2) is 8.52. The van der Waals surface area contributed by atoms with Crippen molar-refractivity contribution in [3.63, 3.8) is 0 Å². The summed E-state index contributed by atoms with van der Waals surface area (Å²) in [6.45, 7) is 5.48. The number of rotatable bonds is 6. The Morgan fingerprint density at radius 3 is 2.69 bits per heavy atom. The van der Waals surface area contributed by atoms with Crippen LogP contribution in [-0.4, -0.2) is 19.4 Å². The number of amidine groups is 1. The highest BCUT2D eigenvalue weighted by atomic mass is 32.1. The molecule has 5 N–H and O–H groups in total. The Labute approximate surface area is 160 Å². The van der Waals surface area contributed by atoms with Crippen LogP contribution >= 0.6 is 11.3 Å². The van der Waals surface area contributed by atoms with Gasteiger partial charge in [-0.05, 0) is 86.3 Å². The van der Waals surface area contributed by atoms with Crippen LogP contribution in [0.3, 0.4) is 0 Å². The van der Waals surface area contributed by atoms with Crippen LogP contribution < -0.4 is 16.8 Å². The van der Waals surface area contributed by atoms with Gasteiger partial charge in [0.15, 0.2) is 0 Å². The van der Waals surface area contributed by atoms with Gasteiger partial charge in [-0.15, -0.1) is 11.3 Å². The summed E-state index contributed by atoms with van der Waals surface area (Å²) >= 11 is 1.59. The van der Waals surface area contributed by atoms with Crippen molar-refractivity contribution < 1.29 is 0 Å². The van der Waals surface area contributed by atoms with Gasteiger partial charge >= 0.3 is 0 Å². The molecule has 1 aliphatic carbocycles. The summed E-state index contributed by atoms with van der Waals surface area (Å²) in [7, 11) is 2.03. The molecule has 0 saturated heterocycles. The first-order valence-electron chi connectivity index (χ1n) is 9.19. The number of nitrogen functional groups attached to an aromatic ring is 1. The first-order valence-corrected chi connectivity index (χ1v) is 10.1. The lowest BCUT2D eigenvalue weighted by Gasteiger charge is -2.30. The Hall–Kier alpha value is -2.11. The van der Waals surface area contributed by atoms with E-state index >= 15 is 0 Å². The first-order chi connectivity index (χ1) is 12.6. The van der Waals surface area contributed by atoms with Gasteiger partial charge in [0, 0.05) is 11.3 Å². The highest BCUT2D eigenvalue weighted by Gasteiger charge is 2.24. The van der Waals surface area contributed by atoms with Crippen LogP contribution in [0, 0.1) is 11.8 Å². The largest absolute Gasteiger partial charge is 0.398 e. The van der Waals surface area contributed by atoms with E-state index in [4.69, 9.17) is 11.5 Å². The van der Waals surface area contributed by atoms with E-state index in [2.05, 4.69) is 16.9 Å². The third kappa shape index (κ3) is 4.34. The van der Waals surface area contributed by atoms with Crippen LogP contribution in [0.2, 0.25) is 0 Å². The molecular formula is C21H28N4S. The van der Waals surface area contributed by atoms with Crippen molar-refractivity contribution >= 4 is 34.1 Å². The number of hydrogen-bond acceptors (Lipinski definition) is 4. The van der Waals surface area contributed by atoms with Crippen molar-refractivity contribution in [2.75, 3.05) is 19.3 Å². The number of nitrogens with two attached hydrogens (primary N) is 2. The van der Waals surface area contributed by atoms with Gasteiger partial charge in [0.2, 0.25) is 0 Å². The highest BCUT2D eigenvalue weighted by molar-refractivity contribution is 7.12. The molecule has 0 radical (unpaired) electrons. The van der Waals surface area contributed by atoms with Crippen molar-refractivity contribution in [3.8, 4) is 0 Å². The molecule has 0 bridgehead atoms. The third-order valence-electron chi connectivity index (χ3n) is 5.24. The summed E-state index contributed by atoms with van der Waals surface area (Å²) in [5.41, 5.74) is 16.1. The average molecular weight is 369 g/mol. The molecule has 138 valence electrons. The Morgan fingerprint density at radius 2 is 2.04 bits per heavy atom. The van der Waals surface area contributed by atoms with Crippen molar-refractivity contribution in [3.05, 3.63) is 52.7 Å². The fourth-order valence-electron chi connectivity index (χ4n) is 3.73. The zero-order chi connectivity index (χ0) is 18.5. The van der Waals surface area contributed by atoms with E-state index < -0.39 is 0 Å². The minimum atomic E-state index is 0.499. The van der Waals surface area contributed by atoms with Gasteiger partial charge in [-0.1, -0.05) is 12.6 Å². The van der Waals surface area contributed by atoms with E-state index in [0.29, 0.717) is 11.8 Å². The molecule has 1 aromatic heterocycles. The molecule has 5 heteroatoms. The van der Waals surface area contributed by atoms with E-state index in [9.17, 15) is 0 Å². The Morgan fingerprint density at radius 1 is 1.27 bits per heavy atom. The monoisotopic (exact) mass is 368 g/mol. The molecule has 0 atom stereocenters. The number of nitrogens with zero attached hydrogens (tertiary/aromatic N) is 1. The van der Waals surface area contributed by atoms with E-state index in [-0.39, 0.29) is 0 Å². The fourth-order valence-corrected chi connectivity index (χ4v) is 4.36. The minimum Gasteiger partial charge on any atom is -0.398 e. The van der Waals surface area contributed by atoms with Crippen LogP contribution in [-0.2, 0) is 0 Å². The molecule has 1 aliphatic rings. The van der Waals surface area contributed by atoms with E-state index in [1.807, 2.05) is 42.8 Å². The Balaban J connectivity index is 1.75. The van der Waals surface area contributed by atoms with Crippen molar-refractivity contribution in [2.45, 2.75) is 25.7 Å². The zero-order valence-corrected chi connectivity index (χ0v) is 16.2. The molecule has 4 nitrogen and oxygen atoms in total. The van der Waals surface area contributed by atoms with Crippen molar-refractivity contribution in [2.24, 2.45) is 22.6 Å². The van der Waals surface area contributed by atoms with Gasteiger partial charge in [-0.25, -0.2) is 4.99 Å². The van der Waals surface area contributed by atoms with Crippen molar-refractivity contribution in [1.82, 2.24) is 5.32 Å². The number of thiophene rings is 1. The minimum absolute atomic E-state index is 0.499. The number of anilines is 1. The quantitative estimate of drug-likeness (QED) is 0.402. The fraction of sp³-hybridized carbons (Fsp3) is 0.381. The van der Waals surface area contributed by atoms with E-state index in [1.54, 1.807) is 11.3 Å². The standard InChI is InChI=1S/C21H28N4S/c1-14(16-7-5-15(6-8-16)13-24-2)18-12-17(9-10-19(18)22)25-21(23)20-4-3-11-26-20/h3-4,9-12,15-16,24H,1,5-8,13,22H2,2H3,(H2,23,25). The summed E-state index contributed by atoms with van der Waals surface area (Å²) in [4.78, 5) is 5.54. The maximum Gasteiger partial charge on any atom is 0.141 e. The lowest BCUT2D eigenvalue weighted by Crippen LogP contribution is -2.24. The molecule has 0 spiro atoms. The molecule has 1 heterocycles. The van der Waals surface area contributed by atoms with Gasteiger partial charge in [-0.2, -0.15) is 0 Å². The summed E-state index contributed by atoms with van der Waals surface area (Å²) in [6, 6.07) is 9.80. The topological polar surface area (TPSA) is 76.4 Å². The number of nitrogens with one attached hydrogen (secondary N) is 1. The van der Waals surface area contributed by atoms with Gasteiger partial charge in [-0.3, -0.25) is 0 Å². The highest BCUT2D eigenvalue weighted by Crippen LogP contribution is 2.39. The number of benzene rings is 1. The molecular weight excluding hydrogens is 340 g/mol. The molecule has 1 aromatic carbocycles. The molecule has 0 unspecified atom stereocenters. The van der Waals surface area contributed by atoms with Crippen LogP contribution in [0.15, 0.2) is 47.3 Å². The first kappa shape index (κ1) is 18.7. The lowest BCUT2D eigenvalue weighted by atomic mass is 9.77. The van der Waals surface area contributed by atoms with Gasteiger partial charge in [0.1, 0.15) is 5.84 Å². The van der Waals surface area contributed by atoms with Crippen LogP contribution in [0.25, 0.3) is 5.57 Å². The van der Waals surface area contributed by atoms with E-state index in [1.165, 1.54) is 25.7 Å². The number of hydrogen-bond donors (Lipinski definition) is 3. The predicted molar refractivity (Wildman–Crippen MR) is 114 cm³/mol. The maximum atomic E-state index is 6.25. The number of aliphatic imine (C=N–C) groups is 1. The Bertz CT molecular complexity index is 771. The van der Waals surface area contributed by atoms with E-state index in [0.717, 1.165) is 39.9 Å².